The smallest absolute Gasteiger partial charge is 0.355 e. The van der Waals surface area contributed by atoms with E-state index in [1.54, 1.807) is 42.5 Å². The number of nitrogens with zero attached hydrogens (tertiary/aromatic N) is 3. The van der Waals surface area contributed by atoms with Crippen LogP contribution in [0.4, 0.5) is 11.6 Å². The number of halogens is 2. The molecule has 1 aromatic heterocycles. The van der Waals surface area contributed by atoms with Gasteiger partial charge in [0.1, 0.15) is 12.3 Å². The summed E-state index contributed by atoms with van der Waals surface area (Å²) in [6, 6.07) is 10.7. The Morgan fingerprint density at radius 3 is 2.32 bits per heavy atom. The molecule has 0 aliphatic rings. The third-order valence-corrected chi connectivity index (χ3v) is 5.61. The molecule has 0 fully saturated rings. The lowest BCUT2D eigenvalue weighted by Gasteiger charge is -2.17. The molecule has 0 spiro atoms. The highest BCUT2D eigenvalue weighted by Gasteiger charge is 2.18. The second kappa shape index (κ2) is 12.7. The van der Waals surface area contributed by atoms with Gasteiger partial charge in [0.05, 0.1) is 36.9 Å². The van der Waals surface area contributed by atoms with Crippen LogP contribution in [0.3, 0.4) is 0 Å². The zero-order valence-corrected chi connectivity index (χ0v) is 21.7. The van der Waals surface area contributed by atoms with Crippen molar-refractivity contribution in [2.45, 2.75) is 39.1 Å². The van der Waals surface area contributed by atoms with Crippen molar-refractivity contribution in [3.63, 3.8) is 0 Å². The molecule has 0 aliphatic carbocycles. The average molecular weight is 552 g/mol. The molecule has 0 atom stereocenters. The van der Waals surface area contributed by atoms with E-state index in [-0.39, 0.29) is 18.6 Å². The summed E-state index contributed by atoms with van der Waals surface area (Å²) in [5.74, 6) is -0.349. The van der Waals surface area contributed by atoms with Gasteiger partial charge in [-0.25, -0.2) is 14.2 Å². The van der Waals surface area contributed by atoms with Gasteiger partial charge in [0.25, 0.3) is 0 Å². The molecule has 2 aromatic carbocycles. The highest BCUT2D eigenvalue weighted by molar-refractivity contribution is 6.32. The van der Waals surface area contributed by atoms with Crippen LogP contribution in [0.25, 0.3) is 0 Å². The van der Waals surface area contributed by atoms with Gasteiger partial charge in [0, 0.05) is 10.7 Å². The monoisotopic (exact) mass is 551 g/mol. The van der Waals surface area contributed by atoms with Crippen LogP contribution in [0, 0.1) is 0 Å². The standard InChI is InChI=1S/C24H27Cl2N5O6/c1-14(2)37-20-8-7-17(9-19(20)26)28-22-29-23(35)31(11-21(34)27-18(12-32)13-33)24(36)30(22)10-15-3-5-16(25)6-4-15/h3-9,14,18,32-33H,10-13H2,1-2H3,(H,27,34)(H,28,29,35). The van der Waals surface area contributed by atoms with Crippen molar-refractivity contribution in [2.75, 3.05) is 18.5 Å². The minimum Gasteiger partial charge on any atom is -0.489 e. The molecule has 0 aliphatic heterocycles. The third-order valence-electron chi connectivity index (χ3n) is 5.06. The van der Waals surface area contributed by atoms with E-state index in [1.807, 2.05) is 13.8 Å². The van der Waals surface area contributed by atoms with Crippen LogP contribution < -0.4 is 26.7 Å². The number of hydrogen-bond donors (Lipinski definition) is 4. The maximum Gasteiger partial charge on any atom is 0.355 e. The number of ether oxygens (including phenoxy) is 1. The van der Waals surface area contributed by atoms with Gasteiger partial charge in [0.2, 0.25) is 11.9 Å². The van der Waals surface area contributed by atoms with E-state index < -0.39 is 43.1 Å². The largest absolute Gasteiger partial charge is 0.489 e. The van der Waals surface area contributed by atoms with Gasteiger partial charge in [-0.1, -0.05) is 35.3 Å². The van der Waals surface area contributed by atoms with E-state index in [1.165, 1.54) is 4.57 Å². The van der Waals surface area contributed by atoms with E-state index in [0.29, 0.717) is 31.6 Å². The maximum atomic E-state index is 13.4. The SMILES string of the molecule is CC(C)Oc1ccc(Nc2nc(=O)n(CC(=O)NC(CO)CO)c(=O)n2Cc2ccc(Cl)cc2)cc1Cl. The number of carbonyl (C=O) groups excluding carboxylic acids is 1. The highest BCUT2D eigenvalue weighted by Crippen LogP contribution is 2.29. The summed E-state index contributed by atoms with van der Waals surface area (Å²) in [6.07, 6.45) is -0.0858. The molecular weight excluding hydrogens is 525 g/mol. The predicted molar refractivity (Wildman–Crippen MR) is 140 cm³/mol. The van der Waals surface area contributed by atoms with Crippen molar-refractivity contribution in [1.29, 1.82) is 0 Å². The molecule has 1 heterocycles. The molecule has 4 N–H and O–H groups in total. The van der Waals surface area contributed by atoms with Crippen molar-refractivity contribution < 1.29 is 19.7 Å². The van der Waals surface area contributed by atoms with E-state index in [4.69, 9.17) is 27.9 Å². The molecule has 0 saturated carbocycles. The number of hydrogen-bond acceptors (Lipinski definition) is 8. The first-order valence-corrected chi connectivity index (χ1v) is 12.1. The normalized spacial score (nSPS) is 11.1. The summed E-state index contributed by atoms with van der Waals surface area (Å²) in [5, 5.41) is 24.5. The van der Waals surface area contributed by atoms with Gasteiger partial charge < -0.3 is 25.6 Å². The van der Waals surface area contributed by atoms with E-state index >= 15 is 0 Å². The zero-order valence-electron chi connectivity index (χ0n) is 20.1. The van der Waals surface area contributed by atoms with Crippen molar-refractivity contribution in [2.24, 2.45) is 0 Å². The minimum atomic E-state index is -0.967. The van der Waals surface area contributed by atoms with E-state index in [2.05, 4.69) is 15.6 Å². The number of aromatic nitrogens is 3. The Bertz CT molecular complexity index is 1350. The number of anilines is 2. The van der Waals surface area contributed by atoms with Gasteiger partial charge in [-0.3, -0.25) is 9.36 Å². The van der Waals surface area contributed by atoms with Crippen LogP contribution >= 0.6 is 23.2 Å². The number of benzene rings is 2. The first kappa shape index (κ1) is 28.2. The van der Waals surface area contributed by atoms with Gasteiger partial charge in [-0.15, -0.1) is 0 Å². The Morgan fingerprint density at radius 2 is 1.73 bits per heavy atom. The van der Waals surface area contributed by atoms with Crippen molar-refractivity contribution >= 4 is 40.7 Å². The van der Waals surface area contributed by atoms with Crippen LogP contribution in [-0.4, -0.2) is 55.6 Å². The minimum absolute atomic E-state index is 0.00537. The molecular formula is C24H27Cl2N5O6. The topological polar surface area (TPSA) is 148 Å². The van der Waals surface area contributed by atoms with Gasteiger partial charge in [0.15, 0.2) is 0 Å². The van der Waals surface area contributed by atoms with Crippen LogP contribution in [-0.2, 0) is 17.9 Å². The summed E-state index contributed by atoms with van der Waals surface area (Å²) >= 11 is 12.3. The molecule has 11 nitrogen and oxygen atoms in total. The maximum absolute atomic E-state index is 13.4. The van der Waals surface area contributed by atoms with Crippen molar-refractivity contribution in [3.8, 4) is 5.75 Å². The number of aliphatic hydroxyl groups excluding tert-OH is 2. The van der Waals surface area contributed by atoms with Crippen LogP contribution in [0.5, 0.6) is 5.75 Å². The number of amides is 1. The molecule has 1 amide bonds. The Balaban J connectivity index is 2.00. The summed E-state index contributed by atoms with van der Waals surface area (Å²) in [5.41, 5.74) is -0.639. The average Bonchev–Trinajstić information content (AvgIpc) is 2.85. The Hall–Kier alpha value is -3.38. The number of rotatable bonds is 11. The lowest BCUT2D eigenvalue weighted by atomic mass is 10.2. The molecule has 3 aromatic rings. The molecule has 0 saturated heterocycles. The Kier molecular flexibility index (Phi) is 9.70. The first-order valence-electron chi connectivity index (χ1n) is 11.3. The summed E-state index contributed by atoms with van der Waals surface area (Å²) in [4.78, 5) is 42.5. The Morgan fingerprint density at radius 1 is 1.05 bits per heavy atom. The molecule has 37 heavy (non-hydrogen) atoms. The quantitative estimate of drug-likeness (QED) is 0.281. The second-order valence-electron chi connectivity index (χ2n) is 8.37. The zero-order chi connectivity index (χ0) is 27.1. The number of carbonyl (C=O) groups is 1. The fourth-order valence-corrected chi connectivity index (χ4v) is 3.65. The molecule has 13 heteroatoms. The van der Waals surface area contributed by atoms with Crippen molar-refractivity contribution in [1.82, 2.24) is 19.4 Å². The van der Waals surface area contributed by atoms with Crippen LogP contribution in [0.2, 0.25) is 10.0 Å². The number of nitrogens with one attached hydrogen (secondary N) is 2. The fourth-order valence-electron chi connectivity index (χ4n) is 3.30. The first-order chi connectivity index (χ1) is 17.6. The Labute approximate surface area is 222 Å². The summed E-state index contributed by atoms with van der Waals surface area (Å²) in [7, 11) is 0. The van der Waals surface area contributed by atoms with Gasteiger partial charge >= 0.3 is 11.4 Å². The molecule has 3 rings (SSSR count). The third kappa shape index (κ3) is 7.56. The van der Waals surface area contributed by atoms with E-state index in [9.17, 15) is 24.6 Å². The molecule has 0 bridgehead atoms. The lowest BCUT2D eigenvalue weighted by Crippen LogP contribution is -2.48. The summed E-state index contributed by atoms with van der Waals surface area (Å²) < 4.78 is 7.49. The molecule has 0 unspecified atom stereocenters. The van der Waals surface area contributed by atoms with Crippen LogP contribution in [0.15, 0.2) is 52.1 Å². The fraction of sp³-hybridized carbons (Fsp3) is 0.333. The summed E-state index contributed by atoms with van der Waals surface area (Å²) in [6.45, 7) is 2.06. The molecule has 198 valence electrons. The van der Waals surface area contributed by atoms with Crippen LogP contribution in [0.1, 0.15) is 19.4 Å². The van der Waals surface area contributed by atoms with Crippen molar-refractivity contribution in [3.05, 3.63) is 79.0 Å². The molecule has 0 radical (unpaired) electrons. The lowest BCUT2D eigenvalue weighted by molar-refractivity contribution is -0.123. The highest BCUT2D eigenvalue weighted by atomic mass is 35.5. The van der Waals surface area contributed by atoms with E-state index in [0.717, 1.165) is 0 Å². The van der Waals surface area contributed by atoms with Gasteiger partial charge in [-0.2, -0.15) is 4.98 Å². The second-order valence-corrected chi connectivity index (χ2v) is 9.21. The number of aliphatic hydroxyl groups is 2. The predicted octanol–water partition coefficient (Wildman–Crippen LogP) is 1.76. The van der Waals surface area contributed by atoms with Gasteiger partial charge in [-0.05, 0) is 49.7 Å².